The molecule has 0 spiro atoms. The monoisotopic (exact) mass is 329 g/mol. The number of nitrogens with zero attached hydrogens (tertiary/aromatic N) is 2. The van der Waals surface area contributed by atoms with Crippen LogP contribution in [0.3, 0.4) is 0 Å². The minimum atomic E-state index is -0.244. The number of halogens is 1. The summed E-state index contributed by atoms with van der Waals surface area (Å²) in [5, 5.41) is 3.22. The van der Waals surface area contributed by atoms with E-state index in [1.165, 1.54) is 12.1 Å². The number of carbonyl (C=O) groups excluding carboxylic acids is 1. The summed E-state index contributed by atoms with van der Waals surface area (Å²) in [7, 11) is 0. The molecule has 1 heterocycles. The van der Waals surface area contributed by atoms with Crippen molar-refractivity contribution in [3.8, 4) is 0 Å². The molecular formula is C19H24FN3O. The van der Waals surface area contributed by atoms with E-state index in [1.807, 2.05) is 11.0 Å². The second kappa shape index (κ2) is 9.01. The van der Waals surface area contributed by atoms with Crippen molar-refractivity contribution in [1.82, 2.24) is 9.88 Å². The minimum Gasteiger partial charge on any atom is -0.380 e. The number of nitrogens with one attached hydrogen (secondary N) is 1. The Balaban J connectivity index is 1.96. The van der Waals surface area contributed by atoms with Crippen molar-refractivity contribution in [2.45, 2.75) is 33.2 Å². The maximum atomic E-state index is 12.9. The lowest BCUT2D eigenvalue weighted by molar-refractivity contribution is 0.0749. The maximum absolute atomic E-state index is 12.9. The predicted octanol–water partition coefficient (Wildman–Crippen LogP) is 4.10. The molecule has 5 heteroatoms. The summed E-state index contributed by atoms with van der Waals surface area (Å²) in [6, 6.07) is 9.94. The summed E-state index contributed by atoms with van der Waals surface area (Å²) in [4.78, 5) is 18.6. The first kappa shape index (κ1) is 17.9. The third-order valence-electron chi connectivity index (χ3n) is 3.67. The van der Waals surface area contributed by atoms with Gasteiger partial charge in [0.25, 0.3) is 5.91 Å². The lowest BCUT2D eigenvalue weighted by Gasteiger charge is -2.21. The zero-order valence-electron chi connectivity index (χ0n) is 14.3. The highest BCUT2D eigenvalue weighted by molar-refractivity contribution is 5.92. The average Bonchev–Trinajstić information content (AvgIpc) is 2.61. The van der Waals surface area contributed by atoms with Crippen LogP contribution in [-0.4, -0.2) is 28.9 Å². The van der Waals surface area contributed by atoms with Crippen molar-refractivity contribution in [1.29, 1.82) is 0 Å². The molecule has 4 nitrogen and oxygen atoms in total. The van der Waals surface area contributed by atoms with Gasteiger partial charge in [-0.3, -0.25) is 4.79 Å². The summed E-state index contributed by atoms with van der Waals surface area (Å²) in [5.74, 6) is -0.268. The molecule has 0 aliphatic rings. The lowest BCUT2D eigenvalue weighted by atomic mass is 10.2. The number of amides is 1. The van der Waals surface area contributed by atoms with Crippen LogP contribution in [0, 0.1) is 5.82 Å². The molecule has 0 aliphatic carbocycles. The second-order valence-corrected chi connectivity index (χ2v) is 5.70. The van der Waals surface area contributed by atoms with Gasteiger partial charge in [0.05, 0.1) is 11.9 Å². The average molecular weight is 329 g/mol. The molecular weight excluding hydrogens is 305 g/mol. The molecule has 1 aromatic heterocycles. The molecule has 0 unspecified atom stereocenters. The van der Waals surface area contributed by atoms with Crippen molar-refractivity contribution in [3.63, 3.8) is 0 Å². The van der Waals surface area contributed by atoms with Crippen LogP contribution in [0.1, 0.15) is 42.7 Å². The Morgan fingerprint density at radius 2 is 1.75 bits per heavy atom. The van der Waals surface area contributed by atoms with Crippen LogP contribution in [-0.2, 0) is 6.54 Å². The van der Waals surface area contributed by atoms with Crippen LogP contribution >= 0.6 is 0 Å². The number of anilines is 1. The molecule has 1 N–H and O–H groups in total. The molecule has 128 valence electrons. The molecule has 0 bridgehead atoms. The zero-order chi connectivity index (χ0) is 17.4. The van der Waals surface area contributed by atoms with E-state index >= 15 is 0 Å². The number of carbonyl (C=O) groups is 1. The van der Waals surface area contributed by atoms with Crippen LogP contribution in [0.5, 0.6) is 0 Å². The van der Waals surface area contributed by atoms with E-state index in [-0.39, 0.29) is 11.7 Å². The highest BCUT2D eigenvalue weighted by atomic mass is 19.1. The number of hydrogen-bond acceptors (Lipinski definition) is 3. The smallest absolute Gasteiger partial charge is 0.272 e. The third kappa shape index (κ3) is 5.05. The molecule has 0 saturated carbocycles. The molecule has 1 aromatic carbocycles. The normalized spacial score (nSPS) is 10.5. The van der Waals surface area contributed by atoms with Crippen LogP contribution in [0.15, 0.2) is 42.6 Å². The summed E-state index contributed by atoms with van der Waals surface area (Å²) in [6.07, 6.45) is 3.53. The largest absolute Gasteiger partial charge is 0.380 e. The Hall–Kier alpha value is -2.43. The molecule has 24 heavy (non-hydrogen) atoms. The van der Waals surface area contributed by atoms with E-state index in [9.17, 15) is 9.18 Å². The minimum absolute atomic E-state index is 0.0243. The van der Waals surface area contributed by atoms with Gasteiger partial charge in [0, 0.05) is 19.6 Å². The molecule has 0 saturated heterocycles. The van der Waals surface area contributed by atoms with Crippen molar-refractivity contribution in [2.75, 3.05) is 18.4 Å². The first-order chi connectivity index (χ1) is 11.6. The van der Waals surface area contributed by atoms with Gasteiger partial charge in [-0.05, 0) is 42.7 Å². The second-order valence-electron chi connectivity index (χ2n) is 5.70. The third-order valence-corrected chi connectivity index (χ3v) is 3.67. The standard InChI is InChI=1S/C19H24FN3O/c1-3-11-23(12-4-2)19(24)18-10-9-17(14-22-18)21-13-15-5-7-16(20)8-6-15/h5-10,14,21H,3-4,11-13H2,1-2H3. The van der Waals surface area contributed by atoms with Crippen LogP contribution in [0.25, 0.3) is 0 Å². The fourth-order valence-electron chi connectivity index (χ4n) is 2.45. The Morgan fingerprint density at radius 3 is 2.29 bits per heavy atom. The number of benzene rings is 1. The molecule has 2 rings (SSSR count). The molecule has 0 atom stereocenters. The number of hydrogen-bond donors (Lipinski definition) is 1. The highest BCUT2D eigenvalue weighted by Gasteiger charge is 2.15. The Labute approximate surface area is 142 Å². The number of rotatable bonds is 8. The van der Waals surface area contributed by atoms with Gasteiger partial charge in [-0.2, -0.15) is 0 Å². The van der Waals surface area contributed by atoms with Crippen molar-refractivity contribution in [2.24, 2.45) is 0 Å². The molecule has 2 aromatic rings. The number of pyridine rings is 1. The van der Waals surface area contributed by atoms with E-state index in [4.69, 9.17) is 0 Å². The van der Waals surface area contributed by atoms with Gasteiger partial charge in [0.2, 0.25) is 0 Å². The highest BCUT2D eigenvalue weighted by Crippen LogP contribution is 2.11. The van der Waals surface area contributed by atoms with E-state index in [1.54, 1.807) is 24.4 Å². The van der Waals surface area contributed by atoms with Crippen LogP contribution in [0.4, 0.5) is 10.1 Å². The van der Waals surface area contributed by atoms with Gasteiger partial charge in [-0.25, -0.2) is 9.37 Å². The fraction of sp³-hybridized carbons (Fsp3) is 0.368. The van der Waals surface area contributed by atoms with Gasteiger partial charge >= 0.3 is 0 Å². The maximum Gasteiger partial charge on any atom is 0.272 e. The van der Waals surface area contributed by atoms with Gasteiger partial charge < -0.3 is 10.2 Å². The molecule has 0 radical (unpaired) electrons. The predicted molar refractivity (Wildman–Crippen MR) is 94.4 cm³/mol. The van der Waals surface area contributed by atoms with Gasteiger partial charge in [0.1, 0.15) is 11.5 Å². The van der Waals surface area contributed by atoms with Crippen LogP contribution < -0.4 is 5.32 Å². The zero-order valence-corrected chi connectivity index (χ0v) is 14.3. The summed E-state index contributed by atoms with van der Waals surface area (Å²) < 4.78 is 12.9. The summed E-state index contributed by atoms with van der Waals surface area (Å²) in [5.41, 5.74) is 2.27. The molecule has 0 fully saturated rings. The van der Waals surface area contributed by atoms with Gasteiger partial charge in [0.15, 0.2) is 0 Å². The quantitative estimate of drug-likeness (QED) is 0.793. The van der Waals surface area contributed by atoms with E-state index in [0.717, 1.165) is 37.2 Å². The van der Waals surface area contributed by atoms with Gasteiger partial charge in [-0.1, -0.05) is 26.0 Å². The Bertz CT molecular complexity index is 635. The topological polar surface area (TPSA) is 45.2 Å². The summed E-state index contributed by atoms with van der Waals surface area (Å²) >= 11 is 0. The van der Waals surface area contributed by atoms with E-state index in [2.05, 4.69) is 24.1 Å². The Morgan fingerprint density at radius 1 is 1.08 bits per heavy atom. The molecule has 0 aliphatic heterocycles. The first-order valence-corrected chi connectivity index (χ1v) is 8.37. The fourth-order valence-corrected chi connectivity index (χ4v) is 2.45. The van der Waals surface area contributed by atoms with E-state index < -0.39 is 0 Å². The lowest BCUT2D eigenvalue weighted by Crippen LogP contribution is -2.33. The van der Waals surface area contributed by atoms with E-state index in [0.29, 0.717) is 12.2 Å². The van der Waals surface area contributed by atoms with Crippen molar-refractivity contribution >= 4 is 11.6 Å². The molecule has 1 amide bonds. The SMILES string of the molecule is CCCN(CCC)C(=O)c1ccc(NCc2ccc(F)cc2)cn1. The first-order valence-electron chi connectivity index (χ1n) is 8.37. The van der Waals surface area contributed by atoms with Crippen molar-refractivity contribution in [3.05, 3.63) is 59.7 Å². The van der Waals surface area contributed by atoms with Gasteiger partial charge in [-0.15, -0.1) is 0 Å². The Kier molecular flexibility index (Phi) is 6.73. The number of aromatic nitrogens is 1. The summed E-state index contributed by atoms with van der Waals surface area (Å²) in [6.45, 7) is 6.20. The van der Waals surface area contributed by atoms with Crippen LogP contribution in [0.2, 0.25) is 0 Å². The van der Waals surface area contributed by atoms with Crippen molar-refractivity contribution < 1.29 is 9.18 Å².